The van der Waals surface area contributed by atoms with Crippen LogP contribution in [0.15, 0.2) is 23.1 Å². The Kier molecular flexibility index (Phi) is 4.79. The predicted molar refractivity (Wildman–Crippen MR) is 87.7 cm³/mol. The molecule has 0 aliphatic heterocycles. The van der Waals surface area contributed by atoms with Crippen molar-refractivity contribution in [2.45, 2.75) is 52.4 Å². The van der Waals surface area contributed by atoms with Crippen LogP contribution in [-0.4, -0.2) is 17.6 Å². The SMILES string of the molecule is CCOC(=O)c1cocn1.Cc1c2c(cc3c1CCC3)CCC2. The van der Waals surface area contributed by atoms with Crippen LogP contribution in [0.4, 0.5) is 0 Å². The molecule has 122 valence electrons. The summed E-state index contributed by atoms with van der Waals surface area (Å²) in [4.78, 5) is 14.4. The second kappa shape index (κ2) is 6.99. The molecule has 0 fully saturated rings. The lowest BCUT2D eigenvalue weighted by molar-refractivity contribution is 0.0519. The summed E-state index contributed by atoms with van der Waals surface area (Å²) in [6.07, 6.45) is 10.6. The van der Waals surface area contributed by atoms with Gasteiger partial charge in [0.25, 0.3) is 0 Å². The molecule has 2 aromatic rings. The van der Waals surface area contributed by atoms with Crippen LogP contribution in [0.1, 0.15) is 58.1 Å². The second-order valence-corrected chi connectivity index (χ2v) is 6.08. The van der Waals surface area contributed by atoms with Crippen molar-refractivity contribution in [2.75, 3.05) is 6.61 Å². The Bertz CT molecular complexity index is 657. The number of aromatic nitrogens is 1. The Labute approximate surface area is 136 Å². The van der Waals surface area contributed by atoms with Crippen molar-refractivity contribution in [3.63, 3.8) is 0 Å². The first-order chi connectivity index (χ1) is 11.2. The van der Waals surface area contributed by atoms with Crippen LogP contribution >= 0.6 is 0 Å². The number of fused-ring (bicyclic) bond motifs is 2. The summed E-state index contributed by atoms with van der Waals surface area (Å²) in [7, 11) is 0. The van der Waals surface area contributed by atoms with Gasteiger partial charge in [0.05, 0.1) is 6.61 Å². The van der Waals surface area contributed by atoms with Gasteiger partial charge in [0, 0.05) is 0 Å². The fourth-order valence-corrected chi connectivity index (χ4v) is 3.62. The minimum atomic E-state index is -0.448. The number of oxazole rings is 1. The van der Waals surface area contributed by atoms with Crippen LogP contribution in [0.2, 0.25) is 0 Å². The average molecular weight is 313 g/mol. The molecule has 0 saturated heterocycles. The molecule has 1 aromatic carbocycles. The molecule has 4 rings (SSSR count). The minimum Gasteiger partial charge on any atom is -0.461 e. The van der Waals surface area contributed by atoms with Crippen molar-refractivity contribution in [1.82, 2.24) is 4.98 Å². The zero-order chi connectivity index (χ0) is 16.2. The molecule has 0 radical (unpaired) electrons. The van der Waals surface area contributed by atoms with Crippen molar-refractivity contribution in [1.29, 1.82) is 0 Å². The number of ether oxygens (including phenoxy) is 1. The highest BCUT2D eigenvalue weighted by atomic mass is 16.5. The lowest BCUT2D eigenvalue weighted by Gasteiger charge is -2.10. The molecule has 4 heteroatoms. The van der Waals surface area contributed by atoms with Crippen LogP contribution in [0.5, 0.6) is 0 Å². The normalized spacial score (nSPS) is 14.7. The summed E-state index contributed by atoms with van der Waals surface area (Å²) < 4.78 is 9.19. The monoisotopic (exact) mass is 313 g/mol. The molecule has 1 heterocycles. The van der Waals surface area contributed by atoms with E-state index in [1.165, 1.54) is 51.2 Å². The number of nitrogens with zero attached hydrogens (tertiary/aromatic N) is 1. The van der Waals surface area contributed by atoms with Crippen LogP contribution in [-0.2, 0) is 30.4 Å². The van der Waals surface area contributed by atoms with Crippen LogP contribution in [0.3, 0.4) is 0 Å². The Balaban J connectivity index is 0.000000142. The lowest BCUT2D eigenvalue weighted by Crippen LogP contribution is -2.04. The molecule has 2 aliphatic carbocycles. The first-order valence-electron chi connectivity index (χ1n) is 8.39. The molecule has 0 atom stereocenters. The van der Waals surface area contributed by atoms with Crippen LogP contribution < -0.4 is 0 Å². The number of hydrogen-bond donors (Lipinski definition) is 0. The van der Waals surface area contributed by atoms with E-state index in [4.69, 9.17) is 0 Å². The van der Waals surface area contributed by atoms with Crippen molar-refractivity contribution in [3.8, 4) is 0 Å². The van der Waals surface area contributed by atoms with E-state index in [9.17, 15) is 4.79 Å². The molecule has 0 amide bonds. The number of benzene rings is 1. The van der Waals surface area contributed by atoms with Gasteiger partial charge >= 0.3 is 5.97 Å². The van der Waals surface area contributed by atoms with Gasteiger partial charge in [-0.15, -0.1) is 0 Å². The molecule has 1 aromatic heterocycles. The Morgan fingerprint density at radius 2 is 1.83 bits per heavy atom. The maximum Gasteiger partial charge on any atom is 0.360 e. The van der Waals surface area contributed by atoms with E-state index in [-0.39, 0.29) is 5.69 Å². The quantitative estimate of drug-likeness (QED) is 0.791. The Morgan fingerprint density at radius 1 is 1.17 bits per heavy atom. The van der Waals surface area contributed by atoms with Gasteiger partial charge in [0.15, 0.2) is 12.1 Å². The molecule has 0 N–H and O–H groups in total. The number of esters is 1. The smallest absolute Gasteiger partial charge is 0.360 e. The van der Waals surface area contributed by atoms with E-state index >= 15 is 0 Å². The Morgan fingerprint density at radius 3 is 2.35 bits per heavy atom. The summed E-state index contributed by atoms with van der Waals surface area (Å²) in [5.41, 5.74) is 8.57. The molecule has 0 spiro atoms. The van der Waals surface area contributed by atoms with Gasteiger partial charge in [0.1, 0.15) is 6.26 Å². The molecule has 4 nitrogen and oxygen atoms in total. The average Bonchev–Trinajstić information content (AvgIpc) is 3.29. The van der Waals surface area contributed by atoms with Gasteiger partial charge in [-0.25, -0.2) is 9.78 Å². The number of carbonyl (C=O) groups is 1. The van der Waals surface area contributed by atoms with Crippen molar-refractivity contribution in [2.24, 2.45) is 0 Å². The fraction of sp³-hybridized carbons (Fsp3) is 0.474. The summed E-state index contributed by atoms with van der Waals surface area (Å²) in [5, 5.41) is 0. The molecule has 0 saturated carbocycles. The minimum absolute atomic E-state index is 0.210. The van der Waals surface area contributed by atoms with Crippen molar-refractivity contribution < 1.29 is 13.9 Å². The zero-order valence-corrected chi connectivity index (χ0v) is 13.9. The van der Waals surface area contributed by atoms with E-state index in [1.54, 1.807) is 34.7 Å². The Hall–Kier alpha value is -2.10. The number of hydrogen-bond acceptors (Lipinski definition) is 4. The molecule has 0 bridgehead atoms. The standard InChI is InChI=1S/C13H16.C6H7NO3/c1-9-12-6-2-4-10(12)8-11-5-3-7-13(9)11;1-2-10-6(8)5-3-9-4-7-5/h8H,2-7H2,1H3;3-4H,2H2,1H3. The first kappa shape index (κ1) is 15.8. The van der Waals surface area contributed by atoms with E-state index in [1.807, 2.05) is 0 Å². The predicted octanol–water partition coefficient (Wildman–Crippen LogP) is 3.82. The molecule has 23 heavy (non-hydrogen) atoms. The molecule has 0 unspecified atom stereocenters. The molecular weight excluding hydrogens is 290 g/mol. The van der Waals surface area contributed by atoms with E-state index in [2.05, 4.69) is 27.1 Å². The summed E-state index contributed by atoms with van der Waals surface area (Å²) >= 11 is 0. The highest BCUT2D eigenvalue weighted by Crippen LogP contribution is 2.34. The van der Waals surface area contributed by atoms with Gasteiger partial charge < -0.3 is 9.15 Å². The van der Waals surface area contributed by atoms with Crippen LogP contribution in [0, 0.1) is 6.92 Å². The maximum absolute atomic E-state index is 10.8. The summed E-state index contributed by atoms with van der Waals surface area (Å²) in [5.74, 6) is -0.448. The highest BCUT2D eigenvalue weighted by molar-refractivity contribution is 5.86. The second-order valence-electron chi connectivity index (χ2n) is 6.08. The van der Waals surface area contributed by atoms with E-state index in [0.29, 0.717) is 6.61 Å². The van der Waals surface area contributed by atoms with Gasteiger partial charge in [-0.2, -0.15) is 0 Å². The summed E-state index contributed by atoms with van der Waals surface area (Å²) in [6, 6.07) is 2.50. The highest BCUT2D eigenvalue weighted by Gasteiger charge is 2.21. The largest absolute Gasteiger partial charge is 0.461 e. The number of carbonyl (C=O) groups excluding carboxylic acids is 1. The van der Waals surface area contributed by atoms with Crippen molar-refractivity contribution >= 4 is 5.97 Å². The van der Waals surface area contributed by atoms with E-state index in [0.717, 1.165) is 0 Å². The van der Waals surface area contributed by atoms with Gasteiger partial charge in [-0.1, -0.05) is 6.07 Å². The zero-order valence-electron chi connectivity index (χ0n) is 13.9. The molecule has 2 aliphatic rings. The van der Waals surface area contributed by atoms with Gasteiger partial charge in [0.2, 0.25) is 0 Å². The third kappa shape index (κ3) is 3.31. The van der Waals surface area contributed by atoms with Gasteiger partial charge in [-0.3, -0.25) is 0 Å². The topological polar surface area (TPSA) is 52.3 Å². The molecular formula is C19H23NO3. The first-order valence-corrected chi connectivity index (χ1v) is 8.39. The number of aryl methyl sites for hydroxylation is 2. The summed E-state index contributed by atoms with van der Waals surface area (Å²) in [6.45, 7) is 4.43. The van der Waals surface area contributed by atoms with Crippen LogP contribution in [0.25, 0.3) is 0 Å². The van der Waals surface area contributed by atoms with E-state index < -0.39 is 5.97 Å². The third-order valence-corrected chi connectivity index (χ3v) is 4.69. The lowest BCUT2D eigenvalue weighted by atomic mass is 9.95. The number of rotatable bonds is 2. The maximum atomic E-state index is 10.8. The van der Waals surface area contributed by atoms with Gasteiger partial charge in [-0.05, 0) is 80.2 Å². The third-order valence-electron chi connectivity index (χ3n) is 4.69. The van der Waals surface area contributed by atoms with Crippen molar-refractivity contribution in [3.05, 3.63) is 52.2 Å². The fourth-order valence-electron chi connectivity index (χ4n) is 3.62.